The SMILES string of the molecule is Cc1ccc(CN(C)CC(=O)N2CCNCC2)cc1.Cl. The van der Waals surface area contributed by atoms with Crippen molar-refractivity contribution in [1.29, 1.82) is 0 Å². The third-order valence-electron chi connectivity index (χ3n) is 3.45. The maximum Gasteiger partial charge on any atom is 0.236 e. The van der Waals surface area contributed by atoms with Crippen LogP contribution >= 0.6 is 12.4 Å². The van der Waals surface area contributed by atoms with Crippen LogP contribution in [0.3, 0.4) is 0 Å². The first kappa shape index (κ1) is 17.0. The van der Waals surface area contributed by atoms with Crippen molar-refractivity contribution in [2.45, 2.75) is 13.5 Å². The van der Waals surface area contributed by atoms with Crippen molar-refractivity contribution in [2.75, 3.05) is 39.8 Å². The Morgan fingerprint density at radius 3 is 2.45 bits per heavy atom. The van der Waals surface area contributed by atoms with Crippen LogP contribution in [0.25, 0.3) is 0 Å². The second-order valence-electron chi connectivity index (χ2n) is 5.29. The lowest BCUT2D eigenvalue weighted by Gasteiger charge is -2.29. The standard InChI is InChI=1S/C15H23N3O.ClH/c1-13-3-5-14(6-4-13)11-17(2)12-15(19)18-9-7-16-8-10-18;/h3-6,16H,7-12H2,1-2H3;1H. The minimum Gasteiger partial charge on any atom is -0.339 e. The molecule has 0 radical (unpaired) electrons. The Morgan fingerprint density at radius 1 is 1.25 bits per heavy atom. The Hall–Kier alpha value is -1.10. The monoisotopic (exact) mass is 297 g/mol. The summed E-state index contributed by atoms with van der Waals surface area (Å²) in [6, 6.07) is 8.48. The molecule has 2 rings (SSSR count). The molecular weight excluding hydrogens is 274 g/mol. The number of likely N-dealkylation sites (N-methyl/N-ethyl adjacent to an activating group) is 1. The molecule has 5 heteroatoms. The van der Waals surface area contributed by atoms with Gasteiger partial charge >= 0.3 is 0 Å². The topological polar surface area (TPSA) is 35.6 Å². The summed E-state index contributed by atoms with van der Waals surface area (Å²) in [4.78, 5) is 16.1. The number of aryl methyl sites for hydroxylation is 1. The van der Waals surface area contributed by atoms with Crippen molar-refractivity contribution in [2.24, 2.45) is 0 Å². The van der Waals surface area contributed by atoms with E-state index >= 15 is 0 Å². The molecule has 0 atom stereocenters. The summed E-state index contributed by atoms with van der Waals surface area (Å²) in [5.41, 5.74) is 2.52. The van der Waals surface area contributed by atoms with Gasteiger partial charge in [-0.2, -0.15) is 0 Å². The van der Waals surface area contributed by atoms with Gasteiger partial charge in [0.1, 0.15) is 0 Å². The Morgan fingerprint density at radius 2 is 1.85 bits per heavy atom. The Balaban J connectivity index is 0.00000200. The minimum atomic E-state index is 0. The van der Waals surface area contributed by atoms with Crippen LogP contribution in [0.1, 0.15) is 11.1 Å². The van der Waals surface area contributed by atoms with E-state index in [1.54, 1.807) is 0 Å². The number of halogens is 1. The van der Waals surface area contributed by atoms with E-state index < -0.39 is 0 Å². The Bertz CT molecular complexity index is 416. The number of hydrogen-bond donors (Lipinski definition) is 1. The first-order chi connectivity index (χ1) is 9.15. The predicted molar refractivity (Wildman–Crippen MR) is 84.2 cm³/mol. The lowest BCUT2D eigenvalue weighted by Crippen LogP contribution is -2.49. The van der Waals surface area contributed by atoms with Crippen LogP contribution in [-0.2, 0) is 11.3 Å². The summed E-state index contributed by atoms with van der Waals surface area (Å²) in [5.74, 6) is 0.233. The molecule has 0 saturated carbocycles. The molecular formula is C15H24ClN3O. The number of rotatable bonds is 4. The quantitative estimate of drug-likeness (QED) is 0.909. The highest BCUT2D eigenvalue weighted by Crippen LogP contribution is 2.06. The van der Waals surface area contributed by atoms with Gasteiger partial charge in [0.25, 0.3) is 0 Å². The van der Waals surface area contributed by atoms with Gasteiger partial charge in [-0.1, -0.05) is 29.8 Å². The van der Waals surface area contributed by atoms with E-state index in [4.69, 9.17) is 0 Å². The molecule has 0 spiro atoms. The maximum absolute atomic E-state index is 12.1. The molecule has 0 unspecified atom stereocenters. The fourth-order valence-electron chi connectivity index (χ4n) is 2.31. The van der Waals surface area contributed by atoms with Crippen LogP contribution in [0.2, 0.25) is 0 Å². The molecule has 112 valence electrons. The number of amides is 1. The predicted octanol–water partition coefficient (Wildman–Crippen LogP) is 1.28. The fourth-order valence-corrected chi connectivity index (χ4v) is 2.31. The molecule has 20 heavy (non-hydrogen) atoms. The van der Waals surface area contributed by atoms with Crippen molar-refractivity contribution >= 4 is 18.3 Å². The van der Waals surface area contributed by atoms with Gasteiger partial charge in [-0.15, -0.1) is 12.4 Å². The van der Waals surface area contributed by atoms with Crippen molar-refractivity contribution in [3.05, 3.63) is 35.4 Å². The van der Waals surface area contributed by atoms with Gasteiger partial charge in [0.05, 0.1) is 6.54 Å². The van der Waals surface area contributed by atoms with E-state index in [9.17, 15) is 4.79 Å². The second kappa shape index (κ2) is 8.25. The zero-order valence-corrected chi connectivity index (χ0v) is 13.1. The summed E-state index contributed by atoms with van der Waals surface area (Å²) in [5, 5.41) is 3.26. The van der Waals surface area contributed by atoms with Gasteiger partial charge in [0, 0.05) is 32.7 Å². The number of carbonyl (C=O) groups excluding carboxylic acids is 1. The number of piperazine rings is 1. The van der Waals surface area contributed by atoms with E-state index in [2.05, 4.69) is 41.4 Å². The molecule has 1 amide bonds. The van der Waals surface area contributed by atoms with Crippen LogP contribution in [-0.4, -0.2) is 55.5 Å². The molecule has 1 aromatic carbocycles. The molecule has 1 heterocycles. The van der Waals surface area contributed by atoms with Crippen LogP contribution in [0.15, 0.2) is 24.3 Å². The van der Waals surface area contributed by atoms with E-state index in [1.807, 2.05) is 11.9 Å². The average Bonchev–Trinajstić information content (AvgIpc) is 2.42. The molecule has 1 N–H and O–H groups in total. The molecule has 4 nitrogen and oxygen atoms in total. The van der Waals surface area contributed by atoms with Crippen LogP contribution in [0, 0.1) is 6.92 Å². The fraction of sp³-hybridized carbons (Fsp3) is 0.533. The van der Waals surface area contributed by atoms with Crippen LogP contribution in [0.4, 0.5) is 0 Å². The number of carbonyl (C=O) groups is 1. The first-order valence-corrected chi connectivity index (χ1v) is 6.88. The van der Waals surface area contributed by atoms with Gasteiger partial charge < -0.3 is 10.2 Å². The van der Waals surface area contributed by atoms with E-state index in [0.717, 1.165) is 32.7 Å². The largest absolute Gasteiger partial charge is 0.339 e. The highest BCUT2D eigenvalue weighted by atomic mass is 35.5. The van der Waals surface area contributed by atoms with Gasteiger partial charge in [0.2, 0.25) is 5.91 Å². The molecule has 1 aliphatic heterocycles. The van der Waals surface area contributed by atoms with E-state index in [-0.39, 0.29) is 18.3 Å². The summed E-state index contributed by atoms with van der Waals surface area (Å²) < 4.78 is 0. The Kier molecular flexibility index (Phi) is 6.99. The highest BCUT2D eigenvalue weighted by molar-refractivity contribution is 5.85. The van der Waals surface area contributed by atoms with E-state index in [1.165, 1.54) is 11.1 Å². The smallest absolute Gasteiger partial charge is 0.236 e. The molecule has 1 aliphatic rings. The van der Waals surface area contributed by atoms with Gasteiger partial charge in [-0.05, 0) is 19.5 Å². The van der Waals surface area contributed by atoms with Crippen LogP contribution < -0.4 is 5.32 Å². The summed E-state index contributed by atoms with van der Waals surface area (Å²) >= 11 is 0. The maximum atomic E-state index is 12.1. The summed E-state index contributed by atoms with van der Waals surface area (Å²) in [6.45, 7) is 6.88. The van der Waals surface area contributed by atoms with Gasteiger partial charge in [-0.25, -0.2) is 0 Å². The molecule has 0 aliphatic carbocycles. The second-order valence-corrected chi connectivity index (χ2v) is 5.29. The third-order valence-corrected chi connectivity index (χ3v) is 3.45. The average molecular weight is 298 g/mol. The molecule has 1 fully saturated rings. The van der Waals surface area contributed by atoms with Gasteiger partial charge in [0.15, 0.2) is 0 Å². The van der Waals surface area contributed by atoms with Crippen molar-refractivity contribution in [3.63, 3.8) is 0 Å². The molecule has 1 saturated heterocycles. The van der Waals surface area contributed by atoms with Crippen LogP contribution in [0.5, 0.6) is 0 Å². The first-order valence-electron chi connectivity index (χ1n) is 6.88. The summed E-state index contributed by atoms with van der Waals surface area (Å²) in [6.07, 6.45) is 0. The van der Waals surface area contributed by atoms with E-state index in [0.29, 0.717) is 6.54 Å². The zero-order chi connectivity index (χ0) is 13.7. The number of benzene rings is 1. The van der Waals surface area contributed by atoms with Crippen molar-refractivity contribution < 1.29 is 4.79 Å². The lowest BCUT2D eigenvalue weighted by molar-refractivity contribution is -0.132. The number of nitrogens with one attached hydrogen (secondary N) is 1. The third kappa shape index (κ3) is 5.12. The van der Waals surface area contributed by atoms with Gasteiger partial charge in [-0.3, -0.25) is 9.69 Å². The van der Waals surface area contributed by atoms with Crippen molar-refractivity contribution in [1.82, 2.24) is 15.1 Å². The number of nitrogens with zero attached hydrogens (tertiary/aromatic N) is 2. The lowest BCUT2D eigenvalue weighted by atomic mass is 10.1. The number of hydrogen-bond acceptors (Lipinski definition) is 3. The summed E-state index contributed by atoms with van der Waals surface area (Å²) in [7, 11) is 2.00. The normalized spacial score (nSPS) is 15.1. The molecule has 1 aromatic rings. The minimum absolute atomic E-state index is 0. The highest BCUT2D eigenvalue weighted by Gasteiger charge is 2.17. The molecule has 0 aromatic heterocycles. The zero-order valence-electron chi connectivity index (χ0n) is 12.3. The Labute approximate surface area is 127 Å². The molecule has 0 bridgehead atoms. The van der Waals surface area contributed by atoms with Crippen molar-refractivity contribution in [3.8, 4) is 0 Å².